The van der Waals surface area contributed by atoms with Gasteiger partial charge in [-0.25, -0.2) is 9.59 Å². The number of nitrogens with zero attached hydrogens (tertiary/aromatic N) is 3. The zero-order chi connectivity index (χ0) is 14.8. The van der Waals surface area contributed by atoms with Crippen LogP contribution in [0, 0.1) is 0 Å². The van der Waals surface area contributed by atoms with Crippen molar-refractivity contribution in [3.8, 4) is 0 Å². The first-order valence-corrected chi connectivity index (χ1v) is 7.16. The number of amides is 2. The van der Waals surface area contributed by atoms with E-state index in [0.29, 0.717) is 11.6 Å². The van der Waals surface area contributed by atoms with Crippen LogP contribution in [0.1, 0.15) is 11.1 Å². The largest absolute Gasteiger partial charge is 0.480 e. The van der Waals surface area contributed by atoms with Gasteiger partial charge in [0.25, 0.3) is 0 Å². The number of fused-ring (bicyclic) bond motifs is 1. The van der Waals surface area contributed by atoms with Crippen molar-refractivity contribution in [3.05, 3.63) is 40.9 Å². The number of anilines is 1. The van der Waals surface area contributed by atoms with Crippen molar-refractivity contribution in [2.24, 2.45) is 0 Å². The normalized spacial score (nSPS) is 17.1. The number of aliphatic carboxylic acids is 1. The Hall–Kier alpha value is -2.48. The van der Waals surface area contributed by atoms with Gasteiger partial charge in [-0.1, -0.05) is 35.6 Å². The lowest BCUT2D eigenvalue weighted by molar-refractivity contribution is -0.142. The van der Waals surface area contributed by atoms with E-state index >= 15 is 0 Å². The number of carbonyl (C=O) groups excluding carboxylic acids is 1. The van der Waals surface area contributed by atoms with E-state index < -0.39 is 18.0 Å². The Morgan fingerprint density at radius 3 is 2.76 bits per heavy atom. The molecular formula is C13H12N4O3S. The summed E-state index contributed by atoms with van der Waals surface area (Å²) < 4.78 is 0. The highest BCUT2D eigenvalue weighted by Gasteiger charge is 2.34. The molecule has 0 bridgehead atoms. The van der Waals surface area contributed by atoms with Gasteiger partial charge in [-0.05, 0) is 11.1 Å². The Bertz CT molecular complexity index is 674. The summed E-state index contributed by atoms with van der Waals surface area (Å²) in [4.78, 5) is 25.0. The van der Waals surface area contributed by atoms with E-state index in [2.05, 4.69) is 15.5 Å². The van der Waals surface area contributed by atoms with E-state index in [1.807, 2.05) is 24.3 Å². The molecule has 0 saturated carbocycles. The van der Waals surface area contributed by atoms with Crippen LogP contribution >= 0.6 is 11.3 Å². The van der Waals surface area contributed by atoms with E-state index in [9.17, 15) is 14.7 Å². The number of urea groups is 1. The van der Waals surface area contributed by atoms with Crippen molar-refractivity contribution in [2.45, 2.75) is 19.0 Å². The van der Waals surface area contributed by atoms with Crippen molar-refractivity contribution in [1.82, 2.24) is 15.1 Å². The molecule has 2 aromatic rings. The van der Waals surface area contributed by atoms with Crippen molar-refractivity contribution in [3.63, 3.8) is 0 Å². The summed E-state index contributed by atoms with van der Waals surface area (Å²) >= 11 is 1.18. The molecule has 0 saturated heterocycles. The summed E-state index contributed by atoms with van der Waals surface area (Å²) in [7, 11) is 0. The molecule has 1 aromatic carbocycles. The number of nitrogens with one attached hydrogen (secondary N) is 1. The molecule has 1 aliphatic heterocycles. The Morgan fingerprint density at radius 2 is 2.10 bits per heavy atom. The third-order valence-corrected chi connectivity index (χ3v) is 3.98. The van der Waals surface area contributed by atoms with Crippen LogP contribution in [-0.4, -0.2) is 38.2 Å². The molecule has 108 valence electrons. The molecule has 2 amide bonds. The number of hydrogen-bond donors (Lipinski definition) is 2. The zero-order valence-corrected chi connectivity index (χ0v) is 11.7. The van der Waals surface area contributed by atoms with E-state index in [4.69, 9.17) is 0 Å². The molecule has 1 unspecified atom stereocenters. The predicted molar refractivity (Wildman–Crippen MR) is 76.0 cm³/mol. The molecule has 1 atom stereocenters. The number of carboxylic acid groups (broad SMARTS) is 1. The Kier molecular flexibility index (Phi) is 3.53. The molecule has 1 aliphatic rings. The standard InChI is InChI=1S/C13H12N4O3S/c18-11(19)10-5-8-3-1-2-4-9(8)6-17(10)13(20)15-12-16-14-7-21-12/h1-4,7,10H,5-6H2,(H,18,19)(H,15,16,20). The second kappa shape index (κ2) is 5.49. The first kappa shape index (κ1) is 13.5. The molecule has 0 fully saturated rings. The minimum atomic E-state index is -1.02. The fraction of sp³-hybridized carbons (Fsp3) is 0.231. The van der Waals surface area contributed by atoms with Gasteiger partial charge in [-0.15, -0.1) is 10.2 Å². The summed E-state index contributed by atoms with van der Waals surface area (Å²) in [5.41, 5.74) is 3.42. The average molecular weight is 304 g/mol. The molecule has 2 heterocycles. The number of carboxylic acids is 1. The van der Waals surface area contributed by atoms with Gasteiger partial charge < -0.3 is 10.0 Å². The van der Waals surface area contributed by atoms with Crippen molar-refractivity contribution in [2.75, 3.05) is 5.32 Å². The molecule has 7 nitrogen and oxygen atoms in total. The van der Waals surface area contributed by atoms with Crippen molar-refractivity contribution in [1.29, 1.82) is 0 Å². The molecule has 21 heavy (non-hydrogen) atoms. The second-order valence-electron chi connectivity index (χ2n) is 4.63. The predicted octanol–water partition coefficient (Wildman–Crippen LogP) is 1.58. The third kappa shape index (κ3) is 2.70. The van der Waals surface area contributed by atoms with Gasteiger partial charge in [0.15, 0.2) is 0 Å². The third-order valence-electron chi connectivity index (χ3n) is 3.37. The monoisotopic (exact) mass is 304 g/mol. The van der Waals surface area contributed by atoms with Crippen LogP contribution in [0.4, 0.5) is 9.93 Å². The van der Waals surface area contributed by atoms with E-state index in [1.165, 1.54) is 21.7 Å². The highest BCUT2D eigenvalue weighted by molar-refractivity contribution is 7.13. The molecule has 8 heteroatoms. The second-order valence-corrected chi connectivity index (χ2v) is 5.46. The Morgan fingerprint density at radius 1 is 1.33 bits per heavy atom. The van der Waals surface area contributed by atoms with Gasteiger partial charge in [-0.2, -0.15) is 0 Å². The van der Waals surface area contributed by atoms with Crippen LogP contribution in [0.3, 0.4) is 0 Å². The maximum atomic E-state index is 12.3. The van der Waals surface area contributed by atoms with E-state index in [1.54, 1.807) is 0 Å². The first-order chi connectivity index (χ1) is 10.1. The quantitative estimate of drug-likeness (QED) is 0.878. The summed E-state index contributed by atoms with van der Waals surface area (Å²) in [6.45, 7) is 0.262. The summed E-state index contributed by atoms with van der Waals surface area (Å²) in [6, 6.07) is 6.18. The topological polar surface area (TPSA) is 95.4 Å². The highest BCUT2D eigenvalue weighted by Crippen LogP contribution is 2.24. The molecular weight excluding hydrogens is 292 g/mol. The smallest absolute Gasteiger partial charge is 0.326 e. The maximum Gasteiger partial charge on any atom is 0.326 e. The summed E-state index contributed by atoms with van der Waals surface area (Å²) in [6.07, 6.45) is 0.301. The minimum absolute atomic E-state index is 0.262. The molecule has 0 aliphatic carbocycles. The summed E-state index contributed by atoms with van der Waals surface area (Å²) in [5, 5.41) is 19.6. The number of carbonyl (C=O) groups is 2. The van der Waals surface area contributed by atoms with Crippen LogP contribution in [0.2, 0.25) is 0 Å². The number of benzene rings is 1. The molecule has 0 spiro atoms. The molecule has 0 radical (unpaired) electrons. The molecule has 1 aromatic heterocycles. The minimum Gasteiger partial charge on any atom is -0.480 e. The highest BCUT2D eigenvalue weighted by atomic mass is 32.1. The van der Waals surface area contributed by atoms with Gasteiger partial charge in [0.1, 0.15) is 11.6 Å². The van der Waals surface area contributed by atoms with Gasteiger partial charge in [0.05, 0.1) is 0 Å². The van der Waals surface area contributed by atoms with Crippen LogP contribution in [-0.2, 0) is 17.8 Å². The lowest BCUT2D eigenvalue weighted by Gasteiger charge is -2.34. The average Bonchev–Trinajstić information content (AvgIpc) is 2.98. The van der Waals surface area contributed by atoms with Crippen molar-refractivity contribution >= 4 is 28.5 Å². The van der Waals surface area contributed by atoms with Crippen LogP contribution in [0.25, 0.3) is 0 Å². The maximum absolute atomic E-state index is 12.3. The van der Waals surface area contributed by atoms with E-state index in [0.717, 1.165) is 11.1 Å². The fourth-order valence-corrected chi connectivity index (χ4v) is 2.78. The first-order valence-electron chi connectivity index (χ1n) is 6.28. The lowest BCUT2D eigenvalue weighted by atomic mass is 9.94. The SMILES string of the molecule is O=C(O)C1Cc2ccccc2CN1C(=O)Nc1nncs1. The van der Waals surface area contributed by atoms with Crippen LogP contribution in [0.5, 0.6) is 0 Å². The van der Waals surface area contributed by atoms with Gasteiger partial charge in [-0.3, -0.25) is 5.32 Å². The molecule has 3 rings (SSSR count). The van der Waals surface area contributed by atoms with Crippen molar-refractivity contribution < 1.29 is 14.7 Å². The Labute approximate surface area is 124 Å². The van der Waals surface area contributed by atoms with Gasteiger partial charge in [0.2, 0.25) is 5.13 Å². The summed E-state index contributed by atoms with van der Waals surface area (Å²) in [5.74, 6) is -1.02. The number of hydrogen-bond acceptors (Lipinski definition) is 5. The zero-order valence-electron chi connectivity index (χ0n) is 10.9. The van der Waals surface area contributed by atoms with Crippen LogP contribution in [0.15, 0.2) is 29.8 Å². The van der Waals surface area contributed by atoms with Crippen LogP contribution < -0.4 is 5.32 Å². The molecule has 2 N–H and O–H groups in total. The fourth-order valence-electron chi connectivity index (χ4n) is 2.35. The van der Waals surface area contributed by atoms with E-state index in [-0.39, 0.29) is 6.54 Å². The Balaban J connectivity index is 1.85. The number of aromatic nitrogens is 2. The lowest BCUT2D eigenvalue weighted by Crippen LogP contribution is -2.50. The van der Waals surface area contributed by atoms with Gasteiger partial charge >= 0.3 is 12.0 Å². The van der Waals surface area contributed by atoms with Gasteiger partial charge in [0, 0.05) is 13.0 Å². The number of rotatable bonds is 2.